The molecule has 0 aromatic rings. The van der Waals surface area contributed by atoms with E-state index in [9.17, 15) is 4.79 Å². The van der Waals surface area contributed by atoms with Crippen LogP contribution >= 0.6 is 11.8 Å². The molecule has 1 saturated heterocycles. The molecule has 0 saturated carbocycles. The fourth-order valence-corrected chi connectivity index (χ4v) is 3.26. The molecule has 1 aliphatic heterocycles. The van der Waals surface area contributed by atoms with E-state index in [4.69, 9.17) is 0 Å². The number of thioether (sulfide) groups is 1. The first-order valence-corrected chi connectivity index (χ1v) is 7.97. The number of nitrogens with zero attached hydrogens (tertiary/aromatic N) is 1. The first-order valence-electron chi connectivity index (χ1n) is 6.98. The normalized spacial score (nSPS) is 20.8. The van der Waals surface area contributed by atoms with Crippen LogP contribution in [0.1, 0.15) is 52.9 Å². The Bertz CT molecular complexity index is 283. The van der Waals surface area contributed by atoms with Gasteiger partial charge >= 0.3 is 0 Å². The molecule has 0 N–H and O–H groups in total. The Morgan fingerprint density at radius 3 is 2.78 bits per heavy atom. The monoisotopic (exact) mass is 269 g/mol. The van der Waals surface area contributed by atoms with Crippen LogP contribution in [0, 0.1) is 0 Å². The summed E-state index contributed by atoms with van der Waals surface area (Å²) in [6.07, 6.45) is 6.86. The largest absolute Gasteiger partial charge is 0.339 e. The third-order valence-electron chi connectivity index (χ3n) is 3.22. The average molecular weight is 269 g/mol. The quantitative estimate of drug-likeness (QED) is 0.706. The summed E-state index contributed by atoms with van der Waals surface area (Å²) >= 11 is 1.97. The Hall–Kier alpha value is -0.440. The van der Waals surface area contributed by atoms with Crippen molar-refractivity contribution in [3.8, 4) is 0 Å². The highest BCUT2D eigenvalue weighted by Gasteiger charge is 2.27. The van der Waals surface area contributed by atoms with Gasteiger partial charge in [-0.1, -0.05) is 26.8 Å². The average Bonchev–Trinajstić information content (AvgIpc) is 2.33. The van der Waals surface area contributed by atoms with Crippen LogP contribution in [-0.4, -0.2) is 33.9 Å². The minimum atomic E-state index is 0.285. The maximum absolute atomic E-state index is 12.2. The molecule has 1 fully saturated rings. The molecule has 0 radical (unpaired) electrons. The van der Waals surface area contributed by atoms with Gasteiger partial charge in [-0.3, -0.25) is 4.79 Å². The summed E-state index contributed by atoms with van der Waals surface area (Å²) in [4.78, 5) is 14.3. The van der Waals surface area contributed by atoms with E-state index in [2.05, 4.69) is 32.3 Å². The zero-order valence-corrected chi connectivity index (χ0v) is 12.9. The molecular formula is C15H27NOS. The molecule has 1 heterocycles. The lowest BCUT2D eigenvalue weighted by atomic mass is 10.0. The number of carbonyl (C=O) groups is 1. The number of hydrogen-bond acceptors (Lipinski definition) is 2. The third kappa shape index (κ3) is 5.47. The van der Waals surface area contributed by atoms with Gasteiger partial charge < -0.3 is 4.90 Å². The number of rotatable bonds is 5. The molecule has 3 heteroatoms. The van der Waals surface area contributed by atoms with E-state index < -0.39 is 0 Å². The summed E-state index contributed by atoms with van der Waals surface area (Å²) in [6, 6.07) is 0.445. The first kappa shape index (κ1) is 15.6. The second-order valence-electron chi connectivity index (χ2n) is 5.99. The molecule has 1 atom stereocenters. The molecule has 0 bridgehead atoms. The van der Waals surface area contributed by atoms with Gasteiger partial charge in [0, 0.05) is 29.5 Å². The van der Waals surface area contributed by atoms with Crippen molar-refractivity contribution >= 4 is 17.7 Å². The fourth-order valence-electron chi connectivity index (χ4n) is 2.22. The zero-order valence-electron chi connectivity index (χ0n) is 12.1. The van der Waals surface area contributed by atoms with Crippen LogP contribution in [0.2, 0.25) is 0 Å². The van der Waals surface area contributed by atoms with Crippen LogP contribution in [0.3, 0.4) is 0 Å². The van der Waals surface area contributed by atoms with Gasteiger partial charge in [-0.15, -0.1) is 6.58 Å². The minimum absolute atomic E-state index is 0.285. The molecule has 0 aliphatic carbocycles. The van der Waals surface area contributed by atoms with Gasteiger partial charge in [0.2, 0.25) is 5.91 Å². The lowest BCUT2D eigenvalue weighted by Gasteiger charge is -2.37. The molecule has 1 unspecified atom stereocenters. The van der Waals surface area contributed by atoms with E-state index in [1.54, 1.807) is 0 Å². The highest BCUT2D eigenvalue weighted by atomic mass is 32.2. The van der Waals surface area contributed by atoms with E-state index in [0.29, 0.717) is 18.4 Å². The van der Waals surface area contributed by atoms with E-state index in [0.717, 1.165) is 25.1 Å². The van der Waals surface area contributed by atoms with Crippen LogP contribution in [-0.2, 0) is 4.79 Å². The van der Waals surface area contributed by atoms with E-state index in [1.165, 1.54) is 12.8 Å². The topological polar surface area (TPSA) is 20.3 Å². The number of allylic oxidation sites excluding steroid dienone is 1. The fraction of sp³-hybridized carbons (Fsp3) is 0.800. The molecule has 1 rings (SSSR count). The van der Waals surface area contributed by atoms with Crippen molar-refractivity contribution in [3.05, 3.63) is 12.7 Å². The molecule has 0 spiro atoms. The van der Waals surface area contributed by atoms with Crippen LogP contribution in [0.4, 0.5) is 0 Å². The molecule has 1 aliphatic rings. The van der Waals surface area contributed by atoms with Crippen LogP contribution in [0.25, 0.3) is 0 Å². The van der Waals surface area contributed by atoms with Crippen molar-refractivity contribution in [2.75, 3.05) is 12.3 Å². The van der Waals surface area contributed by atoms with E-state index >= 15 is 0 Å². The number of piperidine rings is 1. The second kappa shape index (κ2) is 7.22. The van der Waals surface area contributed by atoms with Gasteiger partial charge in [-0.05, 0) is 25.7 Å². The number of amides is 1. The first-order chi connectivity index (χ1) is 8.44. The summed E-state index contributed by atoms with van der Waals surface area (Å²) in [5.74, 6) is 1.39. The summed E-state index contributed by atoms with van der Waals surface area (Å²) in [5.41, 5.74) is 0. The maximum atomic E-state index is 12.2. The van der Waals surface area contributed by atoms with Gasteiger partial charge in [-0.2, -0.15) is 11.8 Å². The molecule has 104 valence electrons. The summed E-state index contributed by atoms with van der Waals surface area (Å²) in [7, 11) is 0. The van der Waals surface area contributed by atoms with Crippen molar-refractivity contribution in [3.63, 3.8) is 0 Å². The standard InChI is InChI=1S/C15H27NOS/c1-5-6-10-14(17)16-11-8-7-9-13(16)12-18-15(2,3)4/h5,13H,1,6-12H2,2-4H3. The predicted octanol–water partition coefficient (Wildman–Crippen LogP) is 3.87. The Morgan fingerprint density at radius 2 is 2.17 bits per heavy atom. The van der Waals surface area contributed by atoms with Crippen molar-refractivity contribution in [1.29, 1.82) is 0 Å². The zero-order chi connectivity index (χ0) is 13.6. The van der Waals surface area contributed by atoms with Gasteiger partial charge in [0.05, 0.1) is 0 Å². The predicted molar refractivity (Wildman–Crippen MR) is 81.0 cm³/mol. The smallest absolute Gasteiger partial charge is 0.223 e. The van der Waals surface area contributed by atoms with Crippen molar-refractivity contribution in [1.82, 2.24) is 4.90 Å². The Morgan fingerprint density at radius 1 is 1.44 bits per heavy atom. The van der Waals surface area contributed by atoms with Gasteiger partial charge in [0.1, 0.15) is 0 Å². The highest BCUT2D eigenvalue weighted by molar-refractivity contribution is 8.00. The number of likely N-dealkylation sites (tertiary alicyclic amines) is 1. The number of hydrogen-bond donors (Lipinski definition) is 0. The SMILES string of the molecule is C=CCCC(=O)N1CCCCC1CSC(C)(C)C. The minimum Gasteiger partial charge on any atom is -0.339 e. The molecule has 18 heavy (non-hydrogen) atoms. The lowest BCUT2D eigenvalue weighted by molar-refractivity contribution is -0.134. The number of carbonyl (C=O) groups excluding carboxylic acids is 1. The van der Waals surface area contributed by atoms with Gasteiger partial charge in [0.15, 0.2) is 0 Å². The van der Waals surface area contributed by atoms with E-state index in [-0.39, 0.29) is 4.75 Å². The molecular weight excluding hydrogens is 242 g/mol. The van der Waals surface area contributed by atoms with E-state index in [1.807, 2.05) is 17.8 Å². The molecule has 2 nitrogen and oxygen atoms in total. The highest BCUT2D eigenvalue weighted by Crippen LogP contribution is 2.28. The molecule has 0 aromatic carbocycles. The van der Waals surface area contributed by atoms with Crippen LogP contribution in [0.15, 0.2) is 12.7 Å². The van der Waals surface area contributed by atoms with Crippen molar-refractivity contribution in [2.45, 2.75) is 63.7 Å². The Labute approximate surface area is 116 Å². The maximum Gasteiger partial charge on any atom is 0.223 e. The van der Waals surface area contributed by atoms with Crippen molar-refractivity contribution < 1.29 is 4.79 Å². The van der Waals surface area contributed by atoms with Gasteiger partial charge in [0.25, 0.3) is 0 Å². The molecule has 0 aromatic heterocycles. The third-order valence-corrected chi connectivity index (χ3v) is 4.64. The van der Waals surface area contributed by atoms with Crippen LogP contribution < -0.4 is 0 Å². The Kier molecular flexibility index (Phi) is 6.27. The van der Waals surface area contributed by atoms with Crippen LogP contribution in [0.5, 0.6) is 0 Å². The lowest BCUT2D eigenvalue weighted by Crippen LogP contribution is -2.45. The van der Waals surface area contributed by atoms with Crippen molar-refractivity contribution in [2.24, 2.45) is 0 Å². The summed E-state index contributed by atoms with van der Waals surface area (Å²) in [6.45, 7) is 11.4. The summed E-state index contributed by atoms with van der Waals surface area (Å²) < 4.78 is 0.285. The molecule has 1 amide bonds. The second-order valence-corrected chi connectivity index (χ2v) is 7.83. The Balaban J connectivity index is 2.51. The summed E-state index contributed by atoms with van der Waals surface area (Å²) in [5, 5.41) is 0. The van der Waals surface area contributed by atoms with Gasteiger partial charge in [-0.25, -0.2) is 0 Å².